The normalized spacial score (nSPS) is 11.2. The summed E-state index contributed by atoms with van der Waals surface area (Å²) >= 11 is 0. The topological polar surface area (TPSA) is 0 Å². The van der Waals surface area contributed by atoms with Crippen molar-refractivity contribution >= 4 is 0 Å². The summed E-state index contributed by atoms with van der Waals surface area (Å²) in [6.07, 6.45) is 5.72. The predicted molar refractivity (Wildman–Crippen MR) is 84.5 cm³/mol. The molecule has 0 fully saturated rings. The van der Waals surface area contributed by atoms with Crippen LogP contribution in [0.1, 0.15) is 75.7 Å². The van der Waals surface area contributed by atoms with Gasteiger partial charge in [-0.1, -0.05) is 73.1 Å². The largest absolute Gasteiger partial charge is 0.100 e. The van der Waals surface area contributed by atoms with E-state index in [-0.39, 0.29) is 0 Å². The van der Waals surface area contributed by atoms with Crippen LogP contribution in [0.15, 0.2) is 24.3 Å². The van der Waals surface area contributed by atoms with Crippen molar-refractivity contribution in [3.05, 3.63) is 24.3 Å². The first-order valence-corrected chi connectivity index (χ1v) is 6.84. The zero-order valence-electron chi connectivity index (χ0n) is 14.1. The quantitative estimate of drug-likeness (QED) is 0.475. The van der Waals surface area contributed by atoms with Gasteiger partial charge in [0, 0.05) is 0 Å². The monoisotopic (exact) mass is 240 g/mol. The Labute approximate surface area is 111 Å². The minimum atomic E-state index is 0.309. The van der Waals surface area contributed by atoms with Gasteiger partial charge in [-0.05, 0) is 31.1 Å². The van der Waals surface area contributed by atoms with Gasteiger partial charge in [-0.2, -0.15) is 0 Å². The molecule has 0 aliphatic heterocycles. The molecule has 0 aliphatic carbocycles. The Kier molecular flexibility index (Phi) is 13.6. The third kappa shape index (κ3) is 15.5. The second-order valence-corrected chi connectivity index (χ2v) is 5.99. The highest BCUT2D eigenvalue weighted by molar-refractivity contribution is 5.00. The molecule has 0 rings (SSSR count). The van der Waals surface area contributed by atoms with E-state index in [1.807, 2.05) is 27.7 Å². The Hall–Kier alpha value is -0.520. The molecule has 0 aromatic heterocycles. The van der Waals surface area contributed by atoms with E-state index in [9.17, 15) is 0 Å². The fraction of sp³-hybridized carbons (Fsp3) is 0.765. The van der Waals surface area contributed by atoms with Crippen LogP contribution in [0.25, 0.3) is 0 Å². The van der Waals surface area contributed by atoms with Crippen LogP contribution in [-0.4, -0.2) is 0 Å². The van der Waals surface area contributed by atoms with Crippen LogP contribution in [-0.2, 0) is 0 Å². The second-order valence-electron chi connectivity index (χ2n) is 5.99. The van der Waals surface area contributed by atoms with Crippen molar-refractivity contribution in [1.82, 2.24) is 0 Å². The number of allylic oxidation sites excluding steroid dienone is 3. The predicted octanol–water partition coefficient (Wildman–Crippen LogP) is 6.63. The fourth-order valence-electron chi connectivity index (χ4n) is 0.662. The summed E-state index contributed by atoms with van der Waals surface area (Å²) in [4.78, 5) is 0. The lowest BCUT2D eigenvalue weighted by atomic mass is 9.69. The highest BCUT2D eigenvalue weighted by atomic mass is 14.3. The summed E-state index contributed by atoms with van der Waals surface area (Å²) < 4.78 is 0. The van der Waals surface area contributed by atoms with Crippen LogP contribution in [0.3, 0.4) is 0 Å². The van der Waals surface area contributed by atoms with Crippen LogP contribution in [0.4, 0.5) is 0 Å². The Morgan fingerprint density at radius 3 is 1.47 bits per heavy atom. The Balaban J connectivity index is -0.000000275. The molecule has 0 bridgehead atoms. The van der Waals surface area contributed by atoms with Crippen LogP contribution in [0.2, 0.25) is 0 Å². The standard InChI is InChI=1S/C11H22.C4H8.C2H6/c1-7-8-9-11(5,6)10(2,3)4;1-4(2)3;1-2/h8-9H,7H2,1-6H3;1H2,2-3H3;1-2H3/b9-8-;;. The molecule has 0 heterocycles. The van der Waals surface area contributed by atoms with Crippen LogP contribution in [0.5, 0.6) is 0 Å². The van der Waals surface area contributed by atoms with Crippen molar-refractivity contribution in [2.24, 2.45) is 10.8 Å². The Morgan fingerprint density at radius 2 is 1.29 bits per heavy atom. The molecular weight excluding hydrogens is 204 g/mol. The second kappa shape index (κ2) is 10.6. The van der Waals surface area contributed by atoms with Crippen molar-refractivity contribution in [2.75, 3.05) is 0 Å². The summed E-state index contributed by atoms with van der Waals surface area (Å²) in [7, 11) is 0. The van der Waals surface area contributed by atoms with Gasteiger partial charge in [0.15, 0.2) is 0 Å². The van der Waals surface area contributed by atoms with Crippen LogP contribution < -0.4 is 0 Å². The summed E-state index contributed by atoms with van der Waals surface area (Å²) in [5.41, 5.74) is 1.84. The molecule has 0 aromatic carbocycles. The van der Waals surface area contributed by atoms with Crippen molar-refractivity contribution in [3.8, 4) is 0 Å². The minimum Gasteiger partial charge on any atom is -0.100 e. The molecule has 0 aliphatic rings. The van der Waals surface area contributed by atoms with Gasteiger partial charge in [0.05, 0.1) is 0 Å². The number of hydrogen-bond acceptors (Lipinski definition) is 0. The number of hydrogen-bond donors (Lipinski definition) is 0. The zero-order chi connectivity index (χ0) is 14.7. The zero-order valence-corrected chi connectivity index (χ0v) is 14.1. The van der Waals surface area contributed by atoms with Crippen LogP contribution >= 0.6 is 0 Å². The Morgan fingerprint density at radius 1 is 1.00 bits per heavy atom. The molecule has 0 N–H and O–H groups in total. The summed E-state index contributed by atoms with van der Waals surface area (Å²) in [5.74, 6) is 0. The van der Waals surface area contributed by atoms with Gasteiger partial charge in [-0.15, -0.1) is 6.58 Å². The fourth-order valence-corrected chi connectivity index (χ4v) is 0.662. The number of rotatable bonds is 2. The molecule has 0 heteroatoms. The van der Waals surface area contributed by atoms with Crippen molar-refractivity contribution < 1.29 is 0 Å². The third-order valence-corrected chi connectivity index (χ3v) is 2.70. The van der Waals surface area contributed by atoms with E-state index in [2.05, 4.69) is 60.3 Å². The van der Waals surface area contributed by atoms with Gasteiger partial charge >= 0.3 is 0 Å². The van der Waals surface area contributed by atoms with Crippen molar-refractivity contribution in [3.63, 3.8) is 0 Å². The van der Waals surface area contributed by atoms with Gasteiger partial charge in [-0.3, -0.25) is 0 Å². The molecule has 0 unspecified atom stereocenters. The molecule has 0 atom stereocenters. The Bertz CT molecular complexity index is 195. The first-order chi connectivity index (χ1) is 7.54. The van der Waals surface area contributed by atoms with Crippen molar-refractivity contribution in [1.29, 1.82) is 0 Å². The lowest BCUT2D eigenvalue weighted by Gasteiger charge is -2.36. The van der Waals surface area contributed by atoms with E-state index in [0.29, 0.717) is 10.8 Å². The molecule has 104 valence electrons. The smallest absolute Gasteiger partial charge is 0.0126 e. The first-order valence-electron chi connectivity index (χ1n) is 6.84. The molecule has 0 saturated heterocycles. The van der Waals surface area contributed by atoms with E-state index < -0.39 is 0 Å². The maximum Gasteiger partial charge on any atom is -0.0126 e. The molecule has 0 nitrogen and oxygen atoms in total. The molecular formula is C17H36. The summed E-state index contributed by atoms with van der Waals surface area (Å²) in [5, 5.41) is 0. The minimum absolute atomic E-state index is 0.309. The maximum atomic E-state index is 3.56. The molecule has 0 saturated carbocycles. The van der Waals surface area contributed by atoms with E-state index in [1.165, 1.54) is 5.57 Å². The van der Waals surface area contributed by atoms with Crippen molar-refractivity contribution in [2.45, 2.75) is 75.7 Å². The maximum absolute atomic E-state index is 3.56. The van der Waals surface area contributed by atoms with E-state index in [4.69, 9.17) is 0 Å². The summed E-state index contributed by atoms with van der Waals surface area (Å²) in [6.45, 7) is 25.1. The van der Waals surface area contributed by atoms with Crippen LogP contribution in [0, 0.1) is 10.8 Å². The molecule has 0 amide bonds. The van der Waals surface area contributed by atoms with E-state index in [1.54, 1.807) is 0 Å². The van der Waals surface area contributed by atoms with Gasteiger partial charge in [0.1, 0.15) is 0 Å². The summed E-state index contributed by atoms with van der Waals surface area (Å²) in [6, 6.07) is 0. The lowest BCUT2D eigenvalue weighted by Crippen LogP contribution is -2.27. The average Bonchev–Trinajstić information content (AvgIpc) is 2.15. The van der Waals surface area contributed by atoms with Gasteiger partial charge in [0.2, 0.25) is 0 Å². The third-order valence-electron chi connectivity index (χ3n) is 2.70. The molecule has 0 radical (unpaired) electrons. The van der Waals surface area contributed by atoms with E-state index >= 15 is 0 Å². The highest BCUT2D eigenvalue weighted by Crippen LogP contribution is 2.38. The molecule has 0 aromatic rings. The first kappa shape index (κ1) is 21.7. The average molecular weight is 240 g/mol. The lowest BCUT2D eigenvalue weighted by molar-refractivity contribution is 0.192. The molecule has 0 spiro atoms. The van der Waals surface area contributed by atoms with E-state index in [0.717, 1.165) is 6.42 Å². The van der Waals surface area contributed by atoms with Gasteiger partial charge in [0.25, 0.3) is 0 Å². The molecule has 17 heavy (non-hydrogen) atoms. The highest BCUT2D eigenvalue weighted by Gasteiger charge is 2.29. The SMILES string of the molecule is C=C(C)C.CC.CC/C=C\C(C)(C)C(C)(C)C. The van der Waals surface area contributed by atoms with Gasteiger partial charge < -0.3 is 0 Å². The van der Waals surface area contributed by atoms with Gasteiger partial charge in [-0.25, -0.2) is 0 Å².